The lowest BCUT2D eigenvalue weighted by molar-refractivity contribution is -0.121. The van der Waals surface area contributed by atoms with Crippen molar-refractivity contribution in [1.82, 2.24) is 19.9 Å². The summed E-state index contributed by atoms with van der Waals surface area (Å²) in [4.78, 5) is 34.2. The number of nitrogens with zero attached hydrogens (tertiary/aromatic N) is 3. The highest BCUT2D eigenvalue weighted by Gasteiger charge is 2.15. The normalized spacial score (nSPS) is 11.3. The number of pyridine rings is 1. The number of amides is 1. The molecule has 3 aromatic heterocycles. The summed E-state index contributed by atoms with van der Waals surface area (Å²) in [5.74, 6) is -0.179. The van der Waals surface area contributed by atoms with Gasteiger partial charge in [0, 0.05) is 17.6 Å². The van der Waals surface area contributed by atoms with Crippen molar-refractivity contribution >= 4 is 37.7 Å². The molecule has 120 valence electrons. The van der Waals surface area contributed by atoms with Gasteiger partial charge >= 0.3 is 0 Å². The van der Waals surface area contributed by atoms with E-state index in [1.807, 2.05) is 26.8 Å². The molecule has 0 unspecified atom stereocenters. The second kappa shape index (κ2) is 6.08. The highest BCUT2D eigenvalue weighted by molar-refractivity contribution is 7.25. The van der Waals surface area contributed by atoms with Gasteiger partial charge in [-0.1, -0.05) is 6.92 Å². The molecule has 0 atom stereocenters. The molecule has 0 radical (unpaired) electrons. The quantitative estimate of drug-likeness (QED) is 0.795. The maximum atomic E-state index is 12.6. The van der Waals surface area contributed by atoms with E-state index in [-0.39, 0.29) is 18.0 Å². The Labute approximate surface area is 137 Å². The lowest BCUT2D eigenvalue weighted by Crippen LogP contribution is -2.32. The minimum Gasteiger partial charge on any atom is -0.355 e. The van der Waals surface area contributed by atoms with E-state index in [9.17, 15) is 9.59 Å². The Bertz CT molecular complexity index is 958. The molecule has 0 spiro atoms. The number of carbonyl (C=O) groups is 1. The van der Waals surface area contributed by atoms with Crippen molar-refractivity contribution in [2.45, 2.75) is 33.7 Å². The van der Waals surface area contributed by atoms with E-state index >= 15 is 0 Å². The molecule has 7 heteroatoms. The Hall–Kier alpha value is -2.28. The standard InChI is InChI=1S/C16H18N4O2S/c1-4-5-17-11(21)7-20-8-18-13-12-9(2)6-10(3)19-15(12)23-14(13)16(20)22/h6,8H,4-5,7H2,1-3H3,(H,17,21). The zero-order chi connectivity index (χ0) is 16.6. The van der Waals surface area contributed by atoms with Gasteiger partial charge in [0.1, 0.15) is 16.1 Å². The van der Waals surface area contributed by atoms with Crippen LogP contribution in [0.4, 0.5) is 0 Å². The third-order valence-electron chi connectivity index (χ3n) is 3.63. The van der Waals surface area contributed by atoms with Gasteiger partial charge < -0.3 is 5.32 Å². The minimum atomic E-state index is -0.193. The van der Waals surface area contributed by atoms with Gasteiger partial charge in [0.15, 0.2) is 0 Å². The van der Waals surface area contributed by atoms with E-state index < -0.39 is 0 Å². The van der Waals surface area contributed by atoms with Crippen molar-refractivity contribution in [2.24, 2.45) is 0 Å². The molecule has 0 bridgehead atoms. The molecule has 1 amide bonds. The fraction of sp³-hybridized carbons (Fsp3) is 0.375. The summed E-state index contributed by atoms with van der Waals surface area (Å²) in [5.41, 5.74) is 2.46. The smallest absolute Gasteiger partial charge is 0.271 e. The molecule has 0 aliphatic rings. The van der Waals surface area contributed by atoms with Gasteiger partial charge in [0.2, 0.25) is 5.91 Å². The maximum Gasteiger partial charge on any atom is 0.271 e. The lowest BCUT2D eigenvalue weighted by Gasteiger charge is -2.06. The molecule has 6 nitrogen and oxygen atoms in total. The zero-order valence-electron chi connectivity index (χ0n) is 13.3. The molecule has 0 aromatic carbocycles. The SMILES string of the molecule is CCCNC(=O)Cn1cnc2c(sc3nc(C)cc(C)c32)c1=O. The van der Waals surface area contributed by atoms with Crippen LogP contribution >= 0.6 is 11.3 Å². The molecule has 1 N–H and O–H groups in total. The minimum absolute atomic E-state index is 0.0124. The lowest BCUT2D eigenvalue weighted by atomic mass is 10.1. The highest BCUT2D eigenvalue weighted by atomic mass is 32.1. The summed E-state index contributed by atoms with van der Waals surface area (Å²) in [6.07, 6.45) is 2.31. The second-order valence-corrected chi connectivity index (χ2v) is 6.57. The molecule has 3 heterocycles. The first-order valence-corrected chi connectivity index (χ1v) is 8.35. The van der Waals surface area contributed by atoms with E-state index in [1.165, 1.54) is 22.2 Å². The maximum absolute atomic E-state index is 12.6. The van der Waals surface area contributed by atoms with Crippen LogP contribution in [0.1, 0.15) is 24.6 Å². The molecule has 3 rings (SSSR count). The van der Waals surface area contributed by atoms with Gasteiger partial charge in [-0.3, -0.25) is 14.2 Å². The van der Waals surface area contributed by atoms with Crippen LogP contribution in [0, 0.1) is 13.8 Å². The van der Waals surface area contributed by atoms with E-state index in [0.29, 0.717) is 16.8 Å². The average Bonchev–Trinajstić information content (AvgIpc) is 2.87. The number of rotatable bonds is 4. The molecular formula is C16H18N4O2S. The van der Waals surface area contributed by atoms with E-state index in [1.54, 1.807) is 0 Å². The number of thiophene rings is 1. The molecule has 0 fully saturated rings. The Balaban J connectivity index is 2.09. The molecule has 0 aliphatic carbocycles. The van der Waals surface area contributed by atoms with Crippen molar-refractivity contribution in [3.05, 3.63) is 34.0 Å². The van der Waals surface area contributed by atoms with Crippen molar-refractivity contribution in [3.63, 3.8) is 0 Å². The number of hydrogen-bond acceptors (Lipinski definition) is 5. The predicted octanol–water partition coefficient (Wildman–Crippen LogP) is 2.15. The molecule has 0 saturated carbocycles. The molecule has 23 heavy (non-hydrogen) atoms. The number of carbonyl (C=O) groups excluding carboxylic acids is 1. The van der Waals surface area contributed by atoms with Gasteiger partial charge in [-0.15, -0.1) is 11.3 Å². The van der Waals surface area contributed by atoms with Crippen LogP contribution in [0.5, 0.6) is 0 Å². The summed E-state index contributed by atoms with van der Waals surface area (Å²) in [7, 11) is 0. The number of hydrogen-bond donors (Lipinski definition) is 1. The van der Waals surface area contributed by atoms with Crippen LogP contribution in [0.2, 0.25) is 0 Å². The van der Waals surface area contributed by atoms with Gasteiger partial charge in [-0.05, 0) is 31.9 Å². The van der Waals surface area contributed by atoms with Crippen LogP contribution in [0.3, 0.4) is 0 Å². The van der Waals surface area contributed by atoms with Crippen molar-refractivity contribution in [2.75, 3.05) is 6.54 Å². The van der Waals surface area contributed by atoms with Gasteiger partial charge in [0.25, 0.3) is 5.56 Å². The summed E-state index contributed by atoms with van der Waals surface area (Å²) in [6, 6.07) is 1.99. The Morgan fingerprint density at radius 1 is 1.39 bits per heavy atom. The second-order valence-electron chi connectivity index (χ2n) is 5.57. The predicted molar refractivity (Wildman–Crippen MR) is 92.0 cm³/mol. The first kappa shape index (κ1) is 15.6. The van der Waals surface area contributed by atoms with Crippen LogP contribution in [0.15, 0.2) is 17.2 Å². The Kier molecular flexibility index (Phi) is 4.12. The molecular weight excluding hydrogens is 312 g/mol. The fourth-order valence-electron chi connectivity index (χ4n) is 2.59. The van der Waals surface area contributed by atoms with Crippen molar-refractivity contribution < 1.29 is 4.79 Å². The van der Waals surface area contributed by atoms with Crippen LogP contribution < -0.4 is 10.9 Å². The summed E-state index contributed by atoms with van der Waals surface area (Å²) in [6.45, 7) is 6.50. The van der Waals surface area contributed by atoms with Crippen molar-refractivity contribution in [3.8, 4) is 0 Å². The van der Waals surface area contributed by atoms with Crippen LogP contribution in [-0.4, -0.2) is 27.0 Å². The number of fused-ring (bicyclic) bond motifs is 3. The first-order chi connectivity index (χ1) is 11.0. The van der Waals surface area contributed by atoms with E-state index in [2.05, 4.69) is 15.3 Å². The van der Waals surface area contributed by atoms with Gasteiger partial charge in [0.05, 0.1) is 11.8 Å². The van der Waals surface area contributed by atoms with Gasteiger partial charge in [-0.2, -0.15) is 0 Å². The molecule has 0 aliphatic heterocycles. The van der Waals surface area contributed by atoms with Gasteiger partial charge in [-0.25, -0.2) is 9.97 Å². The number of aromatic nitrogens is 3. The van der Waals surface area contributed by atoms with Crippen LogP contribution in [0.25, 0.3) is 20.4 Å². The summed E-state index contributed by atoms with van der Waals surface area (Å²) >= 11 is 1.34. The van der Waals surface area contributed by atoms with E-state index in [4.69, 9.17) is 0 Å². The fourth-order valence-corrected chi connectivity index (χ4v) is 3.79. The van der Waals surface area contributed by atoms with E-state index in [0.717, 1.165) is 27.9 Å². The zero-order valence-corrected chi connectivity index (χ0v) is 14.2. The monoisotopic (exact) mass is 330 g/mol. The number of aryl methyl sites for hydroxylation is 2. The molecule has 0 saturated heterocycles. The molecule has 3 aromatic rings. The van der Waals surface area contributed by atoms with Crippen molar-refractivity contribution in [1.29, 1.82) is 0 Å². The average molecular weight is 330 g/mol. The summed E-state index contributed by atoms with van der Waals surface area (Å²) < 4.78 is 1.90. The van der Waals surface area contributed by atoms with Crippen LogP contribution in [-0.2, 0) is 11.3 Å². The highest BCUT2D eigenvalue weighted by Crippen LogP contribution is 2.31. The first-order valence-electron chi connectivity index (χ1n) is 7.54. The largest absolute Gasteiger partial charge is 0.355 e. The Morgan fingerprint density at radius 3 is 2.91 bits per heavy atom. The Morgan fingerprint density at radius 2 is 2.17 bits per heavy atom. The summed E-state index contributed by atoms with van der Waals surface area (Å²) in [5, 5.41) is 3.69. The number of nitrogens with one attached hydrogen (secondary N) is 1. The third-order valence-corrected chi connectivity index (χ3v) is 4.69. The third kappa shape index (κ3) is 2.84. The topological polar surface area (TPSA) is 76.9 Å².